The van der Waals surface area contributed by atoms with Crippen LogP contribution in [0, 0.1) is 12.7 Å². The van der Waals surface area contributed by atoms with E-state index >= 15 is 0 Å². The maximum absolute atomic E-state index is 13.4. The summed E-state index contributed by atoms with van der Waals surface area (Å²) in [6.07, 6.45) is 0. The lowest BCUT2D eigenvalue weighted by Crippen LogP contribution is -2.25. The van der Waals surface area contributed by atoms with Crippen molar-refractivity contribution in [2.45, 2.75) is 20.1 Å². The zero-order chi connectivity index (χ0) is 21.3. The van der Waals surface area contributed by atoms with Crippen molar-refractivity contribution in [3.8, 4) is 5.69 Å². The molecule has 0 radical (unpaired) electrons. The second kappa shape index (κ2) is 7.92. The lowest BCUT2D eigenvalue weighted by Gasteiger charge is -2.14. The van der Waals surface area contributed by atoms with Crippen LogP contribution < -0.4 is 5.56 Å². The summed E-state index contributed by atoms with van der Waals surface area (Å²) in [6, 6.07) is 13.6. The van der Waals surface area contributed by atoms with Crippen LogP contribution in [-0.2, 0) is 18.0 Å². The first-order valence-corrected chi connectivity index (χ1v) is 9.12. The van der Waals surface area contributed by atoms with Crippen LogP contribution >= 0.6 is 0 Å². The van der Waals surface area contributed by atoms with Crippen LogP contribution in [0.4, 0.5) is 4.39 Å². The molecule has 2 aromatic carbocycles. The van der Waals surface area contributed by atoms with E-state index in [4.69, 9.17) is 14.3 Å². The van der Waals surface area contributed by atoms with Crippen molar-refractivity contribution in [2.24, 2.45) is 0 Å². The molecule has 4 rings (SSSR count). The number of carbonyl (C=O) groups is 1. The van der Waals surface area contributed by atoms with Crippen LogP contribution in [0.25, 0.3) is 16.6 Å². The number of aryl methyl sites for hydroxylation is 1. The lowest BCUT2D eigenvalue weighted by atomic mass is 10.2. The molecule has 1 N–H and O–H groups in total. The molecule has 0 saturated heterocycles. The van der Waals surface area contributed by atoms with Crippen molar-refractivity contribution in [2.75, 3.05) is 0 Å². The number of fused-ring (bicyclic) bond motifs is 1. The van der Waals surface area contributed by atoms with Gasteiger partial charge in [0.2, 0.25) is 0 Å². The first kappa shape index (κ1) is 19.5. The predicted octanol–water partition coefficient (Wildman–Crippen LogP) is 3.28. The van der Waals surface area contributed by atoms with Gasteiger partial charge in [-0.1, -0.05) is 12.1 Å². The van der Waals surface area contributed by atoms with E-state index in [1.165, 1.54) is 34.9 Å². The van der Waals surface area contributed by atoms with Gasteiger partial charge < -0.3 is 14.3 Å². The molecule has 4 aromatic rings. The number of halogens is 1. The molecule has 0 atom stereocenters. The SMILES string of the molecule is Cc1oc(CO)cc1C(=O)OCc1nc2ccccc2c(=O)n1-c1ccc(F)cc1. The molecule has 0 amide bonds. The number of rotatable bonds is 5. The second-order valence-electron chi connectivity index (χ2n) is 6.58. The number of carbonyl (C=O) groups excluding carboxylic acids is 1. The smallest absolute Gasteiger partial charge is 0.342 e. The third-order valence-corrected chi connectivity index (χ3v) is 4.61. The largest absolute Gasteiger partial charge is 0.463 e. The van der Waals surface area contributed by atoms with Gasteiger partial charge in [-0.25, -0.2) is 14.2 Å². The van der Waals surface area contributed by atoms with Crippen LogP contribution in [0.2, 0.25) is 0 Å². The van der Waals surface area contributed by atoms with E-state index in [-0.39, 0.29) is 35.9 Å². The van der Waals surface area contributed by atoms with Crippen molar-refractivity contribution in [3.63, 3.8) is 0 Å². The number of ether oxygens (including phenoxy) is 1. The number of esters is 1. The molecule has 2 aromatic heterocycles. The first-order valence-electron chi connectivity index (χ1n) is 9.12. The van der Waals surface area contributed by atoms with Gasteiger partial charge in [0.1, 0.15) is 36.1 Å². The molecule has 0 spiro atoms. The number of hydrogen-bond acceptors (Lipinski definition) is 6. The highest BCUT2D eigenvalue weighted by molar-refractivity contribution is 5.90. The zero-order valence-corrected chi connectivity index (χ0v) is 16.0. The molecule has 30 heavy (non-hydrogen) atoms. The molecule has 7 nitrogen and oxygen atoms in total. The Morgan fingerprint density at radius 1 is 1.20 bits per heavy atom. The second-order valence-corrected chi connectivity index (χ2v) is 6.58. The van der Waals surface area contributed by atoms with Gasteiger partial charge in [-0.3, -0.25) is 9.36 Å². The van der Waals surface area contributed by atoms with Gasteiger partial charge in [0.25, 0.3) is 5.56 Å². The topological polar surface area (TPSA) is 94.6 Å². The Labute approximate surface area is 170 Å². The van der Waals surface area contributed by atoms with Gasteiger partial charge in [-0.15, -0.1) is 0 Å². The van der Waals surface area contributed by atoms with Crippen molar-refractivity contribution < 1.29 is 23.4 Å². The van der Waals surface area contributed by atoms with Gasteiger partial charge in [-0.2, -0.15) is 0 Å². The molecule has 0 saturated carbocycles. The van der Waals surface area contributed by atoms with E-state index in [9.17, 15) is 14.0 Å². The molecule has 0 aliphatic heterocycles. The maximum atomic E-state index is 13.4. The number of hydrogen-bond donors (Lipinski definition) is 1. The Morgan fingerprint density at radius 3 is 2.63 bits per heavy atom. The molecule has 8 heteroatoms. The fourth-order valence-electron chi connectivity index (χ4n) is 3.16. The lowest BCUT2D eigenvalue weighted by molar-refractivity contribution is 0.0457. The number of aliphatic hydroxyl groups excluding tert-OH is 1. The number of aliphatic hydroxyl groups is 1. The molecule has 0 bridgehead atoms. The van der Waals surface area contributed by atoms with E-state index in [0.29, 0.717) is 22.4 Å². The minimum absolute atomic E-state index is 0.176. The Morgan fingerprint density at radius 2 is 1.93 bits per heavy atom. The fourth-order valence-corrected chi connectivity index (χ4v) is 3.16. The summed E-state index contributed by atoms with van der Waals surface area (Å²) in [7, 11) is 0. The van der Waals surface area contributed by atoms with Crippen LogP contribution in [-0.4, -0.2) is 20.6 Å². The molecule has 0 aliphatic rings. The third-order valence-electron chi connectivity index (χ3n) is 4.61. The molecule has 0 aliphatic carbocycles. The molecule has 2 heterocycles. The van der Waals surface area contributed by atoms with Crippen molar-refractivity contribution >= 4 is 16.9 Å². The van der Waals surface area contributed by atoms with Gasteiger partial charge in [0.15, 0.2) is 5.82 Å². The van der Waals surface area contributed by atoms with Gasteiger partial charge in [0.05, 0.1) is 16.6 Å². The minimum Gasteiger partial charge on any atom is -0.463 e. The fraction of sp³-hybridized carbons (Fsp3) is 0.136. The summed E-state index contributed by atoms with van der Waals surface area (Å²) >= 11 is 0. The normalized spacial score (nSPS) is 11.0. The highest BCUT2D eigenvalue weighted by Crippen LogP contribution is 2.18. The summed E-state index contributed by atoms with van der Waals surface area (Å²) in [5.74, 6) is -0.382. The standard InChI is InChI=1S/C22H17FN2O5/c1-13-18(10-16(11-26)30-13)22(28)29-12-20-24-19-5-3-2-4-17(19)21(27)25(20)15-8-6-14(23)7-9-15/h2-10,26H,11-12H2,1H3. The van der Waals surface area contributed by atoms with Gasteiger partial charge in [0, 0.05) is 0 Å². The predicted molar refractivity (Wildman–Crippen MR) is 106 cm³/mol. The number of furan rings is 1. The third kappa shape index (κ3) is 3.60. The van der Waals surface area contributed by atoms with Crippen molar-refractivity contribution in [3.05, 3.63) is 93.7 Å². The monoisotopic (exact) mass is 408 g/mol. The first-order chi connectivity index (χ1) is 14.5. The molecular weight excluding hydrogens is 391 g/mol. The van der Waals surface area contributed by atoms with Gasteiger partial charge in [-0.05, 0) is 49.4 Å². The van der Waals surface area contributed by atoms with Crippen LogP contribution in [0.3, 0.4) is 0 Å². The van der Waals surface area contributed by atoms with Gasteiger partial charge >= 0.3 is 5.97 Å². The average molecular weight is 408 g/mol. The maximum Gasteiger partial charge on any atom is 0.342 e. The van der Waals surface area contributed by atoms with Crippen LogP contribution in [0.5, 0.6) is 0 Å². The Kier molecular flexibility index (Phi) is 5.16. The Bertz CT molecular complexity index is 1290. The Balaban J connectivity index is 1.74. The van der Waals surface area contributed by atoms with E-state index in [1.807, 2.05) is 0 Å². The molecule has 0 fully saturated rings. The minimum atomic E-state index is -0.677. The highest BCUT2D eigenvalue weighted by atomic mass is 19.1. The van der Waals surface area contributed by atoms with Crippen molar-refractivity contribution in [1.29, 1.82) is 0 Å². The highest BCUT2D eigenvalue weighted by Gasteiger charge is 2.19. The van der Waals surface area contributed by atoms with Crippen LogP contribution in [0.15, 0.2) is 63.8 Å². The molecular formula is C22H17FN2O5. The summed E-state index contributed by atoms with van der Waals surface area (Å²) in [6.45, 7) is 0.943. The summed E-state index contributed by atoms with van der Waals surface area (Å²) < 4.78 is 25.3. The quantitative estimate of drug-likeness (QED) is 0.510. The van der Waals surface area contributed by atoms with E-state index in [2.05, 4.69) is 4.98 Å². The molecule has 152 valence electrons. The zero-order valence-electron chi connectivity index (χ0n) is 16.0. The summed E-state index contributed by atoms with van der Waals surface area (Å²) in [5, 5.41) is 9.54. The summed E-state index contributed by atoms with van der Waals surface area (Å²) in [4.78, 5) is 30.0. The number of benzene rings is 2. The van der Waals surface area contributed by atoms with E-state index < -0.39 is 11.8 Å². The van der Waals surface area contributed by atoms with Crippen LogP contribution in [0.1, 0.15) is 27.7 Å². The Hall–Kier alpha value is -3.78. The number of nitrogens with zero attached hydrogens (tertiary/aromatic N) is 2. The number of aromatic nitrogens is 2. The summed E-state index contributed by atoms with van der Waals surface area (Å²) in [5.41, 5.74) is 0.664. The average Bonchev–Trinajstić information content (AvgIpc) is 3.14. The molecule has 0 unspecified atom stereocenters. The van der Waals surface area contributed by atoms with E-state index in [0.717, 1.165) is 0 Å². The number of para-hydroxylation sites is 1. The van der Waals surface area contributed by atoms with E-state index in [1.54, 1.807) is 31.2 Å². The van der Waals surface area contributed by atoms with Crippen molar-refractivity contribution in [1.82, 2.24) is 9.55 Å².